The zero-order valence-electron chi connectivity index (χ0n) is 22.3. The summed E-state index contributed by atoms with van der Waals surface area (Å²) in [5.41, 5.74) is 0.921. The molecule has 12 heteroatoms. The molecule has 11 nitrogen and oxygen atoms in total. The molecule has 0 aliphatic rings. The lowest BCUT2D eigenvalue weighted by Crippen LogP contribution is -2.29. The predicted octanol–water partition coefficient (Wildman–Crippen LogP) is 3.72. The fraction of sp³-hybridized carbons (Fsp3) is 0.172. The van der Waals surface area contributed by atoms with Crippen LogP contribution in [0.3, 0.4) is 0 Å². The predicted molar refractivity (Wildman–Crippen MR) is 150 cm³/mol. The summed E-state index contributed by atoms with van der Waals surface area (Å²) in [6.07, 6.45) is 3.80. The zero-order chi connectivity index (χ0) is 29.5. The van der Waals surface area contributed by atoms with Crippen molar-refractivity contribution in [2.45, 2.75) is 20.0 Å². The number of carbonyl (C=O) groups excluding carboxylic acids is 1. The molecule has 4 rings (SSSR count). The summed E-state index contributed by atoms with van der Waals surface area (Å²) in [6.45, 7) is 1.67. The van der Waals surface area contributed by atoms with Crippen LogP contribution >= 0.6 is 11.6 Å². The van der Waals surface area contributed by atoms with E-state index in [0.29, 0.717) is 17.1 Å². The van der Waals surface area contributed by atoms with Gasteiger partial charge in [-0.05, 0) is 55.0 Å². The molecular formula is C29H24ClN5O6. The summed E-state index contributed by atoms with van der Waals surface area (Å²) in [4.78, 5) is 42.6. The van der Waals surface area contributed by atoms with E-state index in [4.69, 9.17) is 21.1 Å². The maximum absolute atomic E-state index is 13.4. The molecule has 0 fully saturated rings. The minimum absolute atomic E-state index is 0.0592. The third-order valence-electron chi connectivity index (χ3n) is 5.87. The SMILES string of the molecule is COC(=O)/C=C\c1cc(Cn2cnc(C)c(Oc3cc(Cl)cc(C#N)c3)c2=O)nn(Cc2ccc(OC)cc2)c1=O. The van der Waals surface area contributed by atoms with Crippen LogP contribution in [0.4, 0.5) is 0 Å². The van der Waals surface area contributed by atoms with Crippen molar-refractivity contribution in [2.75, 3.05) is 14.2 Å². The number of aromatic nitrogens is 4. The maximum Gasteiger partial charge on any atom is 0.330 e. The van der Waals surface area contributed by atoms with E-state index >= 15 is 0 Å². The Bertz CT molecular complexity index is 1790. The Balaban J connectivity index is 1.73. The molecule has 2 heterocycles. The highest BCUT2D eigenvalue weighted by Crippen LogP contribution is 2.25. The van der Waals surface area contributed by atoms with Gasteiger partial charge in [0, 0.05) is 16.7 Å². The molecule has 0 bridgehead atoms. The van der Waals surface area contributed by atoms with Crippen LogP contribution < -0.4 is 20.6 Å². The molecule has 0 aliphatic heterocycles. The first-order chi connectivity index (χ1) is 19.7. The van der Waals surface area contributed by atoms with E-state index in [0.717, 1.165) is 11.6 Å². The maximum atomic E-state index is 13.4. The highest BCUT2D eigenvalue weighted by Gasteiger charge is 2.15. The molecule has 0 saturated heterocycles. The molecule has 0 unspecified atom stereocenters. The molecule has 0 amide bonds. The lowest BCUT2D eigenvalue weighted by molar-refractivity contribution is -0.134. The Morgan fingerprint density at radius 2 is 1.80 bits per heavy atom. The highest BCUT2D eigenvalue weighted by molar-refractivity contribution is 6.30. The molecule has 0 spiro atoms. The van der Waals surface area contributed by atoms with E-state index in [1.54, 1.807) is 38.3 Å². The van der Waals surface area contributed by atoms with Crippen LogP contribution in [0.5, 0.6) is 17.2 Å². The molecule has 0 aliphatic carbocycles. The monoisotopic (exact) mass is 573 g/mol. The van der Waals surface area contributed by atoms with Crippen LogP contribution in [0.2, 0.25) is 5.02 Å². The third-order valence-corrected chi connectivity index (χ3v) is 6.09. The van der Waals surface area contributed by atoms with Gasteiger partial charge in [0.1, 0.15) is 11.5 Å². The Morgan fingerprint density at radius 3 is 2.49 bits per heavy atom. The van der Waals surface area contributed by atoms with Gasteiger partial charge in [-0.1, -0.05) is 23.7 Å². The van der Waals surface area contributed by atoms with Crippen molar-refractivity contribution >= 4 is 23.6 Å². The lowest BCUT2D eigenvalue weighted by atomic mass is 10.2. The van der Waals surface area contributed by atoms with Crippen molar-refractivity contribution in [1.82, 2.24) is 19.3 Å². The first-order valence-electron chi connectivity index (χ1n) is 12.1. The Hall–Kier alpha value is -5.21. The molecular weight excluding hydrogens is 550 g/mol. The van der Waals surface area contributed by atoms with Crippen molar-refractivity contribution in [3.8, 4) is 23.3 Å². The number of aryl methyl sites for hydroxylation is 1. The van der Waals surface area contributed by atoms with E-state index < -0.39 is 17.1 Å². The van der Waals surface area contributed by atoms with Crippen LogP contribution in [0.15, 0.2) is 70.5 Å². The summed E-state index contributed by atoms with van der Waals surface area (Å²) >= 11 is 6.08. The first kappa shape index (κ1) is 28.8. The van der Waals surface area contributed by atoms with Crippen molar-refractivity contribution in [3.05, 3.63) is 115 Å². The number of carbonyl (C=O) groups is 1. The number of nitrogens with zero attached hydrogens (tertiary/aromatic N) is 5. The van der Waals surface area contributed by atoms with Gasteiger partial charge in [-0.3, -0.25) is 14.2 Å². The number of hydrogen-bond donors (Lipinski definition) is 0. The lowest BCUT2D eigenvalue weighted by Gasteiger charge is -2.13. The summed E-state index contributed by atoms with van der Waals surface area (Å²) < 4.78 is 18.2. The van der Waals surface area contributed by atoms with Gasteiger partial charge >= 0.3 is 5.97 Å². The van der Waals surface area contributed by atoms with Crippen LogP contribution in [-0.2, 0) is 22.6 Å². The van der Waals surface area contributed by atoms with Gasteiger partial charge in [0.05, 0.1) is 56.7 Å². The van der Waals surface area contributed by atoms with Crippen molar-refractivity contribution in [2.24, 2.45) is 0 Å². The van der Waals surface area contributed by atoms with Crippen LogP contribution in [0.25, 0.3) is 6.08 Å². The number of rotatable bonds is 9. The van der Waals surface area contributed by atoms with Gasteiger partial charge in [0.25, 0.3) is 11.1 Å². The Morgan fingerprint density at radius 1 is 1.05 bits per heavy atom. The highest BCUT2D eigenvalue weighted by atomic mass is 35.5. The largest absolute Gasteiger partial charge is 0.497 e. The van der Waals surface area contributed by atoms with E-state index in [1.165, 1.54) is 53.0 Å². The second kappa shape index (κ2) is 12.8. The van der Waals surface area contributed by atoms with Gasteiger partial charge in [0.2, 0.25) is 5.75 Å². The molecule has 4 aromatic rings. The number of halogens is 1. The molecule has 208 valence electrons. The molecule has 0 saturated carbocycles. The van der Waals surface area contributed by atoms with Gasteiger partial charge < -0.3 is 14.2 Å². The molecule has 41 heavy (non-hydrogen) atoms. The molecule has 2 aromatic carbocycles. The Labute approximate surface area is 239 Å². The smallest absolute Gasteiger partial charge is 0.330 e. The van der Waals surface area contributed by atoms with E-state index in [2.05, 4.69) is 14.8 Å². The topological polar surface area (TPSA) is 138 Å². The molecule has 2 aromatic heterocycles. The van der Waals surface area contributed by atoms with Crippen LogP contribution in [0.1, 0.15) is 28.1 Å². The normalized spacial score (nSPS) is 10.8. The van der Waals surface area contributed by atoms with E-state index in [9.17, 15) is 19.6 Å². The van der Waals surface area contributed by atoms with E-state index in [1.807, 2.05) is 6.07 Å². The fourth-order valence-corrected chi connectivity index (χ4v) is 4.04. The van der Waals surface area contributed by atoms with Gasteiger partial charge in [0.15, 0.2) is 0 Å². The standard InChI is InChI=1S/C29H24ClN5O6/c1-18-27(41-25-11-20(14-31)10-22(30)13-25)29(38)34(17-32-18)16-23-12-21(6-9-26(36)40-3)28(37)35(33-23)15-19-4-7-24(39-2)8-5-19/h4-13,17H,15-16H2,1-3H3/b9-6-. The summed E-state index contributed by atoms with van der Waals surface area (Å²) in [7, 11) is 2.79. The minimum atomic E-state index is -0.634. The molecule has 0 N–H and O–H groups in total. The summed E-state index contributed by atoms with van der Waals surface area (Å²) in [6, 6.07) is 15.0. The van der Waals surface area contributed by atoms with Crippen LogP contribution in [-0.4, -0.2) is 39.5 Å². The van der Waals surface area contributed by atoms with Crippen LogP contribution in [0, 0.1) is 18.3 Å². The van der Waals surface area contributed by atoms with Gasteiger partial charge in [-0.15, -0.1) is 0 Å². The summed E-state index contributed by atoms with van der Waals surface area (Å²) in [5, 5.41) is 14.0. The number of esters is 1. The first-order valence-corrected chi connectivity index (χ1v) is 12.5. The number of benzene rings is 2. The zero-order valence-corrected chi connectivity index (χ0v) is 23.1. The van der Waals surface area contributed by atoms with Gasteiger partial charge in [-0.25, -0.2) is 14.5 Å². The molecule has 0 radical (unpaired) electrons. The number of methoxy groups -OCH3 is 2. The van der Waals surface area contributed by atoms with Crippen molar-refractivity contribution < 1.29 is 19.0 Å². The molecule has 0 atom stereocenters. The van der Waals surface area contributed by atoms with Gasteiger partial charge in [-0.2, -0.15) is 10.4 Å². The summed E-state index contributed by atoms with van der Waals surface area (Å²) in [5.74, 6) is 0.174. The fourth-order valence-electron chi connectivity index (χ4n) is 3.81. The Kier molecular flexibility index (Phi) is 8.96. The quantitative estimate of drug-likeness (QED) is 0.216. The average molecular weight is 574 g/mol. The minimum Gasteiger partial charge on any atom is -0.497 e. The number of ether oxygens (including phenoxy) is 3. The number of nitriles is 1. The second-order valence-corrected chi connectivity index (χ2v) is 9.18. The average Bonchev–Trinajstić information content (AvgIpc) is 2.97. The van der Waals surface area contributed by atoms with E-state index in [-0.39, 0.29) is 40.7 Å². The van der Waals surface area contributed by atoms with Crippen molar-refractivity contribution in [3.63, 3.8) is 0 Å². The van der Waals surface area contributed by atoms with Crippen molar-refractivity contribution in [1.29, 1.82) is 5.26 Å². The second-order valence-electron chi connectivity index (χ2n) is 8.74. The number of hydrogen-bond acceptors (Lipinski definition) is 9. The third kappa shape index (κ3) is 7.06.